The smallest absolute Gasteiger partial charge is 0.123 e. The Morgan fingerprint density at radius 1 is 1.21 bits per heavy atom. The number of aliphatic hydroxyl groups excluding tert-OH is 2. The number of halogens is 1. The molecule has 0 saturated carbocycles. The van der Waals surface area contributed by atoms with E-state index >= 15 is 0 Å². The van der Waals surface area contributed by atoms with E-state index in [-0.39, 0.29) is 5.82 Å². The van der Waals surface area contributed by atoms with Crippen LogP contribution in [-0.4, -0.2) is 22.9 Å². The predicted octanol–water partition coefficient (Wildman–Crippen LogP) is 0.569. The van der Waals surface area contributed by atoms with Crippen molar-refractivity contribution in [1.82, 2.24) is 0 Å². The molecule has 1 aromatic rings. The van der Waals surface area contributed by atoms with E-state index in [2.05, 4.69) is 0 Å². The van der Waals surface area contributed by atoms with Crippen LogP contribution < -0.4 is 5.73 Å². The summed E-state index contributed by atoms with van der Waals surface area (Å²) in [6.07, 6.45) is -1.58. The Kier molecular flexibility index (Phi) is 4.00. The van der Waals surface area contributed by atoms with Crippen LogP contribution in [0.15, 0.2) is 24.3 Å². The van der Waals surface area contributed by atoms with Crippen molar-refractivity contribution >= 4 is 0 Å². The number of aliphatic hydroxyl groups is 2. The van der Waals surface area contributed by atoms with Crippen LogP contribution in [0.25, 0.3) is 0 Å². The Bertz CT molecular complexity index is 276. The van der Waals surface area contributed by atoms with Gasteiger partial charge in [0, 0.05) is 0 Å². The standard InChI is InChI=1S/C10H14FNO2/c11-8-3-1-7(2-4-8)10(14)9(13)5-6-12/h1-4,9-10,13-14H,5-6,12H2. The first-order valence-electron chi connectivity index (χ1n) is 4.47. The van der Waals surface area contributed by atoms with Gasteiger partial charge in [0.15, 0.2) is 0 Å². The van der Waals surface area contributed by atoms with Gasteiger partial charge in [-0.15, -0.1) is 0 Å². The van der Waals surface area contributed by atoms with Gasteiger partial charge < -0.3 is 15.9 Å². The van der Waals surface area contributed by atoms with E-state index < -0.39 is 12.2 Å². The van der Waals surface area contributed by atoms with Gasteiger partial charge in [0.25, 0.3) is 0 Å². The predicted molar refractivity (Wildman–Crippen MR) is 51.0 cm³/mol. The van der Waals surface area contributed by atoms with Gasteiger partial charge in [0.05, 0.1) is 6.10 Å². The first-order valence-corrected chi connectivity index (χ1v) is 4.47. The molecule has 14 heavy (non-hydrogen) atoms. The second kappa shape index (κ2) is 5.05. The molecule has 0 bridgehead atoms. The number of rotatable bonds is 4. The van der Waals surface area contributed by atoms with E-state index in [1.165, 1.54) is 24.3 Å². The summed E-state index contributed by atoms with van der Waals surface area (Å²) in [7, 11) is 0. The van der Waals surface area contributed by atoms with Crippen LogP contribution in [0.2, 0.25) is 0 Å². The topological polar surface area (TPSA) is 66.5 Å². The molecule has 4 heteroatoms. The van der Waals surface area contributed by atoms with Crippen molar-refractivity contribution in [2.75, 3.05) is 6.54 Å². The molecule has 1 rings (SSSR count). The first-order chi connectivity index (χ1) is 6.65. The molecule has 0 fully saturated rings. The summed E-state index contributed by atoms with van der Waals surface area (Å²) in [6.45, 7) is 0.305. The van der Waals surface area contributed by atoms with E-state index in [1.54, 1.807) is 0 Å². The molecule has 0 amide bonds. The highest BCUT2D eigenvalue weighted by Gasteiger charge is 2.16. The molecule has 78 valence electrons. The average Bonchev–Trinajstić information content (AvgIpc) is 2.18. The highest BCUT2D eigenvalue weighted by molar-refractivity contribution is 5.19. The molecule has 0 spiro atoms. The van der Waals surface area contributed by atoms with Gasteiger partial charge in [-0.05, 0) is 30.7 Å². The maximum Gasteiger partial charge on any atom is 0.123 e. The zero-order valence-electron chi connectivity index (χ0n) is 7.73. The van der Waals surface area contributed by atoms with Crippen molar-refractivity contribution in [3.8, 4) is 0 Å². The minimum atomic E-state index is -1.00. The van der Waals surface area contributed by atoms with Crippen molar-refractivity contribution in [3.05, 3.63) is 35.6 Å². The van der Waals surface area contributed by atoms with Gasteiger partial charge in [0.2, 0.25) is 0 Å². The largest absolute Gasteiger partial charge is 0.390 e. The molecule has 0 aliphatic carbocycles. The lowest BCUT2D eigenvalue weighted by Gasteiger charge is -2.17. The highest BCUT2D eigenvalue weighted by atomic mass is 19.1. The molecule has 0 radical (unpaired) electrons. The lowest BCUT2D eigenvalue weighted by molar-refractivity contribution is 0.0150. The SMILES string of the molecule is NCCC(O)C(O)c1ccc(F)cc1. The Balaban J connectivity index is 2.68. The normalized spacial score (nSPS) is 15.1. The van der Waals surface area contributed by atoms with Crippen molar-refractivity contribution < 1.29 is 14.6 Å². The average molecular weight is 199 g/mol. The van der Waals surface area contributed by atoms with Gasteiger partial charge in [-0.3, -0.25) is 0 Å². The highest BCUT2D eigenvalue weighted by Crippen LogP contribution is 2.18. The Morgan fingerprint density at radius 3 is 2.29 bits per heavy atom. The first kappa shape index (κ1) is 11.1. The van der Waals surface area contributed by atoms with E-state index in [1.807, 2.05) is 0 Å². The second-order valence-electron chi connectivity index (χ2n) is 3.14. The molecule has 0 saturated heterocycles. The van der Waals surface area contributed by atoms with Crippen LogP contribution in [0.4, 0.5) is 4.39 Å². The molecule has 0 aromatic heterocycles. The number of hydrogen-bond acceptors (Lipinski definition) is 3. The van der Waals surface area contributed by atoms with E-state index in [4.69, 9.17) is 5.73 Å². The number of nitrogens with two attached hydrogens (primary N) is 1. The Hall–Kier alpha value is -0.970. The molecular weight excluding hydrogens is 185 g/mol. The molecular formula is C10H14FNO2. The molecule has 2 atom stereocenters. The summed E-state index contributed by atoms with van der Waals surface area (Å²) in [5.74, 6) is -0.366. The fourth-order valence-corrected chi connectivity index (χ4v) is 1.21. The van der Waals surface area contributed by atoms with Crippen LogP contribution in [0, 0.1) is 5.82 Å². The summed E-state index contributed by atoms with van der Waals surface area (Å²) in [5.41, 5.74) is 5.73. The second-order valence-corrected chi connectivity index (χ2v) is 3.14. The Morgan fingerprint density at radius 2 is 1.79 bits per heavy atom. The van der Waals surface area contributed by atoms with Crippen LogP contribution >= 0.6 is 0 Å². The third kappa shape index (κ3) is 2.77. The number of hydrogen-bond donors (Lipinski definition) is 3. The van der Waals surface area contributed by atoms with Crippen LogP contribution in [0.3, 0.4) is 0 Å². The van der Waals surface area contributed by atoms with Gasteiger partial charge in [-0.2, -0.15) is 0 Å². The summed E-state index contributed by atoms with van der Waals surface area (Å²) in [4.78, 5) is 0. The van der Waals surface area contributed by atoms with Crippen molar-refractivity contribution in [1.29, 1.82) is 0 Å². The third-order valence-electron chi connectivity index (χ3n) is 2.04. The summed E-state index contributed by atoms with van der Waals surface area (Å²) in [6, 6.07) is 5.38. The van der Waals surface area contributed by atoms with Gasteiger partial charge in [-0.1, -0.05) is 12.1 Å². The summed E-state index contributed by atoms with van der Waals surface area (Å²) < 4.78 is 12.5. The van der Waals surface area contributed by atoms with Gasteiger partial charge >= 0.3 is 0 Å². The molecule has 4 N–H and O–H groups in total. The minimum absolute atomic E-state index is 0.305. The van der Waals surface area contributed by atoms with E-state index in [9.17, 15) is 14.6 Å². The van der Waals surface area contributed by atoms with Crippen LogP contribution in [0.5, 0.6) is 0 Å². The third-order valence-corrected chi connectivity index (χ3v) is 2.04. The number of benzene rings is 1. The molecule has 2 unspecified atom stereocenters. The van der Waals surface area contributed by atoms with Crippen molar-refractivity contribution in [3.63, 3.8) is 0 Å². The molecule has 0 aliphatic rings. The lowest BCUT2D eigenvalue weighted by atomic mass is 10.0. The Labute approximate surface area is 82.0 Å². The maximum atomic E-state index is 12.5. The zero-order valence-corrected chi connectivity index (χ0v) is 7.73. The van der Waals surface area contributed by atoms with Gasteiger partial charge in [0.1, 0.15) is 11.9 Å². The minimum Gasteiger partial charge on any atom is -0.390 e. The lowest BCUT2D eigenvalue weighted by Crippen LogP contribution is -2.21. The fraction of sp³-hybridized carbons (Fsp3) is 0.400. The van der Waals surface area contributed by atoms with E-state index in [0.29, 0.717) is 18.5 Å². The van der Waals surface area contributed by atoms with Gasteiger partial charge in [-0.25, -0.2) is 4.39 Å². The monoisotopic (exact) mass is 199 g/mol. The van der Waals surface area contributed by atoms with E-state index in [0.717, 1.165) is 0 Å². The summed E-state index contributed by atoms with van der Waals surface area (Å²) in [5, 5.41) is 19.0. The van der Waals surface area contributed by atoms with Crippen molar-refractivity contribution in [2.24, 2.45) is 5.73 Å². The van der Waals surface area contributed by atoms with Crippen LogP contribution in [-0.2, 0) is 0 Å². The van der Waals surface area contributed by atoms with Crippen LogP contribution in [0.1, 0.15) is 18.1 Å². The maximum absolute atomic E-state index is 12.5. The molecule has 3 nitrogen and oxygen atoms in total. The summed E-state index contributed by atoms with van der Waals surface area (Å²) >= 11 is 0. The zero-order chi connectivity index (χ0) is 10.6. The molecule has 1 aromatic carbocycles. The van der Waals surface area contributed by atoms with Crippen molar-refractivity contribution in [2.45, 2.75) is 18.6 Å². The fourth-order valence-electron chi connectivity index (χ4n) is 1.21. The molecule has 0 heterocycles. The molecule has 0 aliphatic heterocycles. The quantitative estimate of drug-likeness (QED) is 0.664.